The summed E-state index contributed by atoms with van der Waals surface area (Å²) >= 11 is 0. The predicted octanol–water partition coefficient (Wildman–Crippen LogP) is 3.49. The fourth-order valence-corrected chi connectivity index (χ4v) is 2.74. The molecule has 1 amide bonds. The van der Waals surface area contributed by atoms with Crippen molar-refractivity contribution >= 4 is 17.2 Å². The quantitative estimate of drug-likeness (QED) is 0.881. The Bertz CT molecular complexity index is 518. The summed E-state index contributed by atoms with van der Waals surface area (Å²) in [6.07, 6.45) is 7.88. The number of hydrogen-bond donors (Lipinski definition) is 2. The van der Waals surface area contributed by atoms with E-state index in [1.54, 1.807) is 6.92 Å². The SMILES string of the molecule is CC(=O)Nc1ccc(CC(C)N)cc1C1=CCCCC1. The molecule has 0 aliphatic heterocycles. The Hall–Kier alpha value is -1.61. The highest BCUT2D eigenvalue weighted by Gasteiger charge is 2.13. The van der Waals surface area contributed by atoms with E-state index in [9.17, 15) is 4.79 Å². The molecule has 1 aromatic rings. The molecular weight excluding hydrogens is 248 g/mol. The summed E-state index contributed by atoms with van der Waals surface area (Å²) in [4.78, 5) is 11.4. The van der Waals surface area contributed by atoms with E-state index < -0.39 is 0 Å². The second-order valence-corrected chi connectivity index (χ2v) is 5.72. The summed E-state index contributed by atoms with van der Waals surface area (Å²) in [7, 11) is 0. The molecule has 0 fully saturated rings. The maximum absolute atomic E-state index is 11.4. The molecule has 2 rings (SSSR count). The minimum absolute atomic E-state index is 0.0254. The largest absolute Gasteiger partial charge is 0.328 e. The number of amides is 1. The zero-order valence-electron chi connectivity index (χ0n) is 12.4. The highest BCUT2D eigenvalue weighted by molar-refractivity contribution is 5.92. The molecule has 3 heteroatoms. The summed E-state index contributed by atoms with van der Waals surface area (Å²) < 4.78 is 0. The normalized spacial score (nSPS) is 16.4. The van der Waals surface area contributed by atoms with Gasteiger partial charge >= 0.3 is 0 Å². The number of carbonyl (C=O) groups is 1. The lowest BCUT2D eigenvalue weighted by Crippen LogP contribution is -2.18. The zero-order valence-corrected chi connectivity index (χ0v) is 12.4. The summed E-state index contributed by atoms with van der Waals surface area (Å²) in [5.41, 5.74) is 10.6. The fourth-order valence-electron chi connectivity index (χ4n) is 2.74. The molecule has 1 unspecified atom stereocenters. The molecule has 1 atom stereocenters. The van der Waals surface area contributed by atoms with Crippen molar-refractivity contribution in [3.63, 3.8) is 0 Å². The molecule has 1 aliphatic rings. The zero-order chi connectivity index (χ0) is 14.5. The molecular formula is C17H24N2O. The molecule has 0 saturated heterocycles. The Kier molecular flexibility index (Phi) is 4.96. The molecule has 0 heterocycles. The molecule has 0 radical (unpaired) electrons. The van der Waals surface area contributed by atoms with Crippen molar-refractivity contribution < 1.29 is 4.79 Å². The van der Waals surface area contributed by atoms with E-state index in [4.69, 9.17) is 5.73 Å². The van der Waals surface area contributed by atoms with Crippen molar-refractivity contribution in [1.29, 1.82) is 0 Å². The van der Waals surface area contributed by atoms with Crippen LogP contribution in [-0.2, 0) is 11.2 Å². The fraction of sp³-hybridized carbons (Fsp3) is 0.471. The molecule has 3 N–H and O–H groups in total. The third-order valence-electron chi connectivity index (χ3n) is 3.59. The highest BCUT2D eigenvalue weighted by atomic mass is 16.1. The van der Waals surface area contributed by atoms with Crippen LogP contribution in [0.5, 0.6) is 0 Å². The van der Waals surface area contributed by atoms with Gasteiger partial charge in [-0.25, -0.2) is 0 Å². The number of nitrogens with one attached hydrogen (secondary N) is 1. The molecule has 0 aromatic heterocycles. The van der Waals surface area contributed by atoms with E-state index in [0.29, 0.717) is 0 Å². The van der Waals surface area contributed by atoms with Gasteiger partial charge in [0.25, 0.3) is 0 Å². The Balaban J connectivity index is 2.36. The first-order valence-corrected chi connectivity index (χ1v) is 7.42. The third kappa shape index (κ3) is 3.94. The van der Waals surface area contributed by atoms with Crippen molar-refractivity contribution in [2.75, 3.05) is 5.32 Å². The summed E-state index contributed by atoms with van der Waals surface area (Å²) in [5, 5.41) is 2.94. The first-order valence-electron chi connectivity index (χ1n) is 7.42. The predicted molar refractivity (Wildman–Crippen MR) is 84.5 cm³/mol. The van der Waals surface area contributed by atoms with Gasteiger partial charge in [-0.3, -0.25) is 4.79 Å². The van der Waals surface area contributed by atoms with E-state index in [0.717, 1.165) is 30.5 Å². The minimum Gasteiger partial charge on any atom is -0.328 e. The van der Waals surface area contributed by atoms with Crippen LogP contribution < -0.4 is 11.1 Å². The van der Waals surface area contributed by atoms with E-state index in [-0.39, 0.29) is 11.9 Å². The van der Waals surface area contributed by atoms with Crippen LogP contribution in [0.2, 0.25) is 0 Å². The second-order valence-electron chi connectivity index (χ2n) is 5.72. The van der Waals surface area contributed by atoms with E-state index in [1.165, 1.54) is 24.0 Å². The molecule has 0 spiro atoms. The molecule has 3 nitrogen and oxygen atoms in total. The molecule has 20 heavy (non-hydrogen) atoms. The number of carbonyl (C=O) groups excluding carboxylic acids is 1. The summed E-state index contributed by atoms with van der Waals surface area (Å²) in [6.45, 7) is 3.57. The van der Waals surface area contributed by atoms with Crippen molar-refractivity contribution in [3.8, 4) is 0 Å². The van der Waals surface area contributed by atoms with Crippen LogP contribution in [0.15, 0.2) is 24.3 Å². The Morgan fingerprint density at radius 3 is 2.80 bits per heavy atom. The molecule has 108 valence electrons. The Labute approximate surface area is 121 Å². The molecule has 1 aliphatic carbocycles. The maximum Gasteiger partial charge on any atom is 0.221 e. The number of rotatable bonds is 4. The first kappa shape index (κ1) is 14.8. The summed E-state index contributed by atoms with van der Waals surface area (Å²) in [5.74, 6) is -0.0254. The van der Waals surface area contributed by atoms with Crippen molar-refractivity contribution in [2.45, 2.75) is 52.0 Å². The number of allylic oxidation sites excluding steroid dienone is 2. The van der Waals surface area contributed by atoms with Crippen molar-refractivity contribution in [3.05, 3.63) is 35.4 Å². The molecule has 0 saturated carbocycles. The highest BCUT2D eigenvalue weighted by Crippen LogP contribution is 2.32. The van der Waals surface area contributed by atoms with Gasteiger partial charge < -0.3 is 11.1 Å². The van der Waals surface area contributed by atoms with Crippen LogP contribution in [0, 0.1) is 0 Å². The second kappa shape index (κ2) is 6.71. The Morgan fingerprint density at radius 2 is 2.20 bits per heavy atom. The van der Waals surface area contributed by atoms with Crippen LogP contribution >= 0.6 is 0 Å². The summed E-state index contributed by atoms with van der Waals surface area (Å²) in [6, 6.07) is 6.40. The van der Waals surface area contributed by atoms with Gasteiger partial charge in [0.05, 0.1) is 0 Å². The lowest BCUT2D eigenvalue weighted by atomic mass is 9.90. The van der Waals surface area contributed by atoms with Gasteiger partial charge in [0.1, 0.15) is 0 Å². The van der Waals surface area contributed by atoms with E-state index in [1.807, 2.05) is 13.0 Å². The van der Waals surface area contributed by atoms with Crippen LogP contribution in [0.1, 0.15) is 50.7 Å². The van der Waals surface area contributed by atoms with Gasteiger partial charge in [-0.15, -0.1) is 0 Å². The van der Waals surface area contributed by atoms with Crippen LogP contribution in [0.3, 0.4) is 0 Å². The van der Waals surface area contributed by atoms with Crippen LogP contribution in [0.4, 0.5) is 5.69 Å². The lowest BCUT2D eigenvalue weighted by Gasteiger charge is -2.18. The topological polar surface area (TPSA) is 55.1 Å². The third-order valence-corrected chi connectivity index (χ3v) is 3.59. The van der Waals surface area contributed by atoms with Gasteiger partial charge in [-0.2, -0.15) is 0 Å². The van der Waals surface area contributed by atoms with E-state index >= 15 is 0 Å². The van der Waals surface area contributed by atoms with E-state index in [2.05, 4.69) is 23.5 Å². The number of anilines is 1. The smallest absolute Gasteiger partial charge is 0.221 e. The van der Waals surface area contributed by atoms with Gasteiger partial charge in [0.15, 0.2) is 0 Å². The van der Waals surface area contributed by atoms with Crippen molar-refractivity contribution in [2.24, 2.45) is 5.73 Å². The number of hydrogen-bond acceptors (Lipinski definition) is 2. The van der Waals surface area contributed by atoms with Gasteiger partial charge in [0, 0.05) is 24.2 Å². The van der Waals surface area contributed by atoms with Crippen LogP contribution in [0.25, 0.3) is 5.57 Å². The monoisotopic (exact) mass is 272 g/mol. The van der Waals surface area contributed by atoms with Crippen molar-refractivity contribution in [1.82, 2.24) is 0 Å². The Morgan fingerprint density at radius 1 is 1.40 bits per heavy atom. The standard InChI is InChI=1S/C17H24N2O/c1-12(18)10-14-8-9-17(19-13(2)20)16(11-14)15-6-4-3-5-7-15/h6,8-9,11-12H,3-5,7,10,18H2,1-2H3,(H,19,20). The van der Waals surface area contributed by atoms with Gasteiger partial charge in [0.2, 0.25) is 5.91 Å². The average molecular weight is 272 g/mol. The molecule has 0 bridgehead atoms. The molecule has 1 aromatic carbocycles. The van der Waals surface area contributed by atoms with Gasteiger partial charge in [-0.1, -0.05) is 12.1 Å². The average Bonchev–Trinajstić information content (AvgIpc) is 2.40. The maximum atomic E-state index is 11.4. The van der Waals surface area contributed by atoms with Crippen LogP contribution in [-0.4, -0.2) is 11.9 Å². The minimum atomic E-state index is -0.0254. The van der Waals surface area contributed by atoms with Gasteiger partial charge in [-0.05, 0) is 62.3 Å². The number of nitrogens with two attached hydrogens (primary N) is 1. The number of benzene rings is 1. The first-order chi connectivity index (χ1) is 9.56. The lowest BCUT2D eigenvalue weighted by molar-refractivity contribution is -0.114.